The summed E-state index contributed by atoms with van der Waals surface area (Å²) in [4.78, 5) is 17.2. The summed E-state index contributed by atoms with van der Waals surface area (Å²) in [5.41, 5.74) is 7.06. The molecule has 0 unspecified atom stereocenters. The molecule has 0 radical (unpaired) electrons. The van der Waals surface area contributed by atoms with E-state index >= 15 is 0 Å². The third-order valence-corrected chi connectivity index (χ3v) is 7.39. The van der Waals surface area contributed by atoms with E-state index < -0.39 is 15.8 Å². The molecule has 6 aromatic rings. The minimum absolute atomic E-state index is 0.104. The number of nitrogens with two attached hydrogens (primary N) is 1. The first-order valence-corrected chi connectivity index (χ1v) is 14.7. The lowest BCUT2D eigenvalue weighted by Gasteiger charge is -2.10. The average Bonchev–Trinajstić information content (AvgIpc) is 3.54. The average molecular weight is 571 g/mol. The molecule has 0 aliphatic heterocycles. The van der Waals surface area contributed by atoms with Gasteiger partial charge in [-0.1, -0.05) is 18.2 Å². The van der Waals surface area contributed by atoms with E-state index in [0.29, 0.717) is 33.7 Å². The number of nitrogens with zero attached hydrogens (tertiary/aromatic N) is 4. The summed E-state index contributed by atoms with van der Waals surface area (Å²) in [6.45, 7) is 4.13. The lowest BCUT2D eigenvalue weighted by Crippen LogP contribution is -2.18. The molecular formula is C29H27FN8O2S. The van der Waals surface area contributed by atoms with Crippen molar-refractivity contribution in [3.8, 4) is 33.9 Å². The monoisotopic (exact) mass is 570 g/mol. The maximum atomic E-state index is 14.6. The van der Waals surface area contributed by atoms with Gasteiger partial charge in [0.1, 0.15) is 11.5 Å². The topological polar surface area (TPSA) is 155 Å². The summed E-state index contributed by atoms with van der Waals surface area (Å²) >= 11 is 0. The number of aromatic amines is 2. The van der Waals surface area contributed by atoms with Gasteiger partial charge in [0.05, 0.1) is 39.9 Å². The molecule has 0 amide bonds. The number of benzene rings is 2. The number of aromatic nitrogens is 6. The normalized spacial score (nSPS) is 12.0. The smallest absolute Gasteiger partial charge is 0.209 e. The number of aryl methyl sites for hydroxylation is 1. The molecule has 0 aliphatic rings. The summed E-state index contributed by atoms with van der Waals surface area (Å²) in [5, 5.41) is 16.9. The van der Waals surface area contributed by atoms with E-state index in [1.54, 1.807) is 24.7 Å². The van der Waals surface area contributed by atoms with Gasteiger partial charge in [0.25, 0.3) is 0 Å². The molecule has 208 valence electrons. The van der Waals surface area contributed by atoms with Crippen molar-refractivity contribution in [2.24, 2.45) is 5.14 Å². The van der Waals surface area contributed by atoms with Crippen LogP contribution in [-0.4, -0.2) is 50.3 Å². The number of hydrogen-bond donors (Lipinski definition) is 4. The van der Waals surface area contributed by atoms with Gasteiger partial charge in [0.2, 0.25) is 10.0 Å². The minimum Gasteiger partial charge on any atom is -0.382 e. The zero-order valence-electron chi connectivity index (χ0n) is 22.3. The van der Waals surface area contributed by atoms with Gasteiger partial charge in [0.15, 0.2) is 5.82 Å². The van der Waals surface area contributed by atoms with E-state index in [-0.39, 0.29) is 18.2 Å². The number of imidazole rings is 1. The largest absolute Gasteiger partial charge is 0.382 e. The Bertz CT molecular complexity index is 2020. The SMILES string of the molecule is CC(C)Nc1cncc(-c2cc3c(-c4nc5c(-c6cc(F)cc(CCS(N)(=O)=O)c6)cccc5[nH]4)n[nH]c3cn2)c1. The van der Waals surface area contributed by atoms with E-state index in [0.717, 1.165) is 33.4 Å². The van der Waals surface area contributed by atoms with Crippen LogP contribution in [0.15, 0.2) is 67.1 Å². The quantitative estimate of drug-likeness (QED) is 0.200. The van der Waals surface area contributed by atoms with Gasteiger partial charge in [0, 0.05) is 34.9 Å². The first kappa shape index (κ1) is 26.5. The second-order valence-electron chi connectivity index (χ2n) is 10.2. The molecule has 10 nitrogen and oxygen atoms in total. The molecule has 0 saturated heterocycles. The van der Waals surface area contributed by atoms with Crippen LogP contribution in [0.5, 0.6) is 0 Å². The van der Waals surface area contributed by atoms with Crippen molar-refractivity contribution in [1.82, 2.24) is 30.1 Å². The molecule has 0 fully saturated rings. The summed E-state index contributed by atoms with van der Waals surface area (Å²) in [7, 11) is -3.68. The van der Waals surface area contributed by atoms with Gasteiger partial charge in [-0.05, 0) is 61.7 Å². The van der Waals surface area contributed by atoms with Crippen molar-refractivity contribution < 1.29 is 12.8 Å². The maximum Gasteiger partial charge on any atom is 0.209 e. The molecule has 6 rings (SSSR count). The van der Waals surface area contributed by atoms with Gasteiger partial charge in [-0.25, -0.2) is 22.9 Å². The van der Waals surface area contributed by atoms with Gasteiger partial charge in [-0.15, -0.1) is 0 Å². The van der Waals surface area contributed by atoms with Crippen molar-refractivity contribution in [1.29, 1.82) is 0 Å². The Morgan fingerprint density at radius 3 is 2.68 bits per heavy atom. The van der Waals surface area contributed by atoms with Crippen LogP contribution in [0.4, 0.5) is 10.1 Å². The third kappa shape index (κ3) is 5.65. The maximum absolute atomic E-state index is 14.6. The van der Waals surface area contributed by atoms with Crippen LogP contribution in [-0.2, 0) is 16.4 Å². The van der Waals surface area contributed by atoms with E-state index in [1.165, 1.54) is 12.1 Å². The Labute approximate surface area is 235 Å². The van der Waals surface area contributed by atoms with Crippen LogP contribution in [0, 0.1) is 5.82 Å². The molecule has 2 aromatic carbocycles. The van der Waals surface area contributed by atoms with Crippen LogP contribution in [0.3, 0.4) is 0 Å². The van der Waals surface area contributed by atoms with Crippen molar-refractivity contribution in [2.75, 3.05) is 11.1 Å². The van der Waals surface area contributed by atoms with E-state index in [1.807, 2.05) is 30.3 Å². The molecule has 0 aliphatic carbocycles. The Balaban J connectivity index is 1.40. The molecule has 41 heavy (non-hydrogen) atoms. The lowest BCUT2D eigenvalue weighted by molar-refractivity contribution is 0.596. The standard InChI is InChI=1S/C29H27FN8O2S/c1-16(2)34-21-11-19(13-32-14-21)25-12-23-26(15-33-25)37-38-28(23)29-35-24-5-3-4-22(27(24)36-29)18-8-17(9-20(30)10-18)6-7-41(31,39)40/h3-5,8-16,34H,6-7H2,1-2H3,(H,35,36)(H,37,38)(H2,31,39,40). The van der Waals surface area contributed by atoms with Crippen molar-refractivity contribution >= 4 is 37.6 Å². The van der Waals surface area contributed by atoms with Crippen LogP contribution in [0.25, 0.3) is 55.8 Å². The van der Waals surface area contributed by atoms with Gasteiger partial charge < -0.3 is 10.3 Å². The highest BCUT2D eigenvalue weighted by Gasteiger charge is 2.17. The zero-order valence-corrected chi connectivity index (χ0v) is 23.1. The number of fused-ring (bicyclic) bond motifs is 2. The summed E-state index contributed by atoms with van der Waals surface area (Å²) in [5.74, 6) is -0.208. The second-order valence-corrected chi connectivity index (χ2v) is 11.9. The third-order valence-electron chi connectivity index (χ3n) is 6.62. The molecule has 12 heteroatoms. The van der Waals surface area contributed by atoms with E-state index in [4.69, 9.17) is 10.1 Å². The first-order chi connectivity index (χ1) is 19.6. The first-order valence-electron chi connectivity index (χ1n) is 13.0. The predicted molar refractivity (Wildman–Crippen MR) is 158 cm³/mol. The highest BCUT2D eigenvalue weighted by atomic mass is 32.2. The highest BCUT2D eigenvalue weighted by Crippen LogP contribution is 2.33. The number of hydrogen-bond acceptors (Lipinski definition) is 7. The fourth-order valence-electron chi connectivity index (χ4n) is 4.83. The number of H-pyrrole nitrogens is 2. The van der Waals surface area contributed by atoms with Crippen molar-refractivity contribution in [3.05, 3.63) is 78.5 Å². The Kier molecular flexibility index (Phi) is 6.72. The number of anilines is 1. The molecule has 0 spiro atoms. The predicted octanol–water partition coefficient (Wildman–Crippen LogP) is 5.02. The van der Waals surface area contributed by atoms with Gasteiger partial charge in [-0.2, -0.15) is 5.10 Å². The molecule has 0 bridgehead atoms. The number of pyridine rings is 2. The lowest BCUT2D eigenvalue weighted by atomic mass is 10.0. The summed E-state index contributed by atoms with van der Waals surface area (Å²) in [6, 6.07) is 14.3. The Morgan fingerprint density at radius 2 is 1.88 bits per heavy atom. The minimum atomic E-state index is -3.68. The van der Waals surface area contributed by atoms with Crippen LogP contribution < -0.4 is 10.5 Å². The fraction of sp³-hybridized carbons (Fsp3) is 0.172. The number of nitrogens with one attached hydrogen (secondary N) is 3. The van der Waals surface area contributed by atoms with Crippen LogP contribution in [0.2, 0.25) is 0 Å². The van der Waals surface area contributed by atoms with Crippen LogP contribution >= 0.6 is 0 Å². The molecular weight excluding hydrogens is 543 g/mol. The second kappa shape index (κ2) is 10.4. The van der Waals surface area contributed by atoms with Crippen LogP contribution in [0.1, 0.15) is 19.4 Å². The van der Waals surface area contributed by atoms with Crippen molar-refractivity contribution in [3.63, 3.8) is 0 Å². The fourth-order valence-corrected chi connectivity index (χ4v) is 5.36. The zero-order chi connectivity index (χ0) is 28.7. The molecule has 0 saturated carbocycles. The van der Waals surface area contributed by atoms with Gasteiger partial charge in [-0.3, -0.25) is 15.1 Å². The number of rotatable bonds is 8. The Hall–Kier alpha value is -4.68. The van der Waals surface area contributed by atoms with Crippen molar-refractivity contribution in [2.45, 2.75) is 26.3 Å². The van der Waals surface area contributed by atoms with Gasteiger partial charge >= 0.3 is 0 Å². The number of primary sulfonamides is 1. The van der Waals surface area contributed by atoms with E-state index in [2.05, 4.69) is 44.3 Å². The summed E-state index contributed by atoms with van der Waals surface area (Å²) in [6.07, 6.45) is 5.38. The molecule has 4 aromatic heterocycles. The number of para-hydroxylation sites is 1. The molecule has 5 N–H and O–H groups in total. The molecule has 0 atom stereocenters. The number of sulfonamides is 1. The number of halogens is 1. The highest BCUT2D eigenvalue weighted by molar-refractivity contribution is 7.89. The Morgan fingerprint density at radius 1 is 1.02 bits per heavy atom. The molecule has 4 heterocycles. The summed E-state index contributed by atoms with van der Waals surface area (Å²) < 4.78 is 37.4. The van der Waals surface area contributed by atoms with E-state index in [9.17, 15) is 12.8 Å².